The zero-order valence-corrected chi connectivity index (χ0v) is 14.7. The van der Waals surface area contributed by atoms with E-state index in [1.165, 1.54) is 11.3 Å². The summed E-state index contributed by atoms with van der Waals surface area (Å²) < 4.78 is 7.61. The number of aldehydes is 1. The van der Waals surface area contributed by atoms with Crippen LogP contribution in [0.3, 0.4) is 0 Å². The molecule has 26 heavy (non-hydrogen) atoms. The highest BCUT2D eigenvalue weighted by atomic mass is 32.1. The van der Waals surface area contributed by atoms with Gasteiger partial charge in [0.15, 0.2) is 11.4 Å². The Balaban J connectivity index is 1.48. The van der Waals surface area contributed by atoms with E-state index in [4.69, 9.17) is 4.74 Å². The van der Waals surface area contributed by atoms with Crippen LogP contribution < -0.4 is 4.74 Å². The molecule has 0 bridgehead atoms. The summed E-state index contributed by atoms with van der Waals surface area (Å²) in [6.45, 7) is 0.545. The van der Waals surface area contributed by atoms with E-state index in [0.29, 0.717) is 12.3 Å². The molecular weight excluding hydrogens is 344 g/mol. The summed E-state index contributed by atoms with van der Waals surface area (Å²) >= 11 is 1.51. The number of rotatable bonds is 6. The summed E-state index contributed by atoms with van der Waals surface area (Å²) in [6.07, 6.45) is 2.67. The van der Waals surface area contributed by atoms with E-state index in [1.54, 1.807) is 10.6 Å². The second kappa shape index (κ2) is 7.37. The molecule has 2 aromatic heterocycles. The van der Waals surface area contributed by atoms with E-state index in [0.717, 1.165) is 34.0 Å². The standard InChI is InChI=1S/C21H16N2O2S/c24-13-18-7-4-12-23(18)21-22-20(15-26-21)17-8-10-19(11-9-17)25-14-16-5-2-1-3-6-16/h1-13,15H,14H2. The molecule has 0 spiro atoms. The molecule has 4 rings (SSSR count). The summed E-state index contributed by atoms with van der Waals surface area (Å²) in [6, 6.07) is 21.6. The molecule has 0 atom stereocenters. The van der Waals surface area contributed by atoms with E-state index in [9.17, 15) is 4.79 Å². The van der Waals surface area contributed by atoms with E-state index >= 15 is 0 Å². The molecule has 5 heteroatoms. The van der Waals surface area contributed by atoms with E-state index in [2.05, 4.69) is 4.98 Å². The number of benzene rings is 2. The highest BCUT2D eigenvalue weighted by molar-refractivity contribution is 7.12. The average Bonchev–Trinajstić information content (AvgIpc) is 3.36. The Morgan fingerprint density at radius 1 is 1.00 bits per heavy atom. The predicted molar refractivity (Wildman–Crippen MR) is 103 cm³/mol. The van der Waals surface area contributed by atoms with Crippen molar-refractivity contribution in [2.24, 2.45) is 0 Å². The minimum Gasteiger partial charge on any atom is -0.489 e. The lowest BCUT2D eigenvalue weighted by Gasteiger charge is -2.06. The van der Waals surface area contributed by atoms with Crippen molar-refractivity contribution < 1.29 is 9.53 Å². The van der Waals surface area contributed by atoms with Crippen molar-refractivity contribution in [3.05, 3.63) is 89.6 Å². The van der Waals surface area contributed by atoms with Gasteiger partial charge in [0.25, 0.3) is 0 Å². The average molecular weight is 360 g/mol. The number of hydrogen-bond donors (Lipinski definition) is 0. The van der Waals surface area contributed by atoms with Crippen LogP contribution in [0.5, 0.6) is 5.75 Å². The van der Waals surface area contributed by atoms with E-state index in [1.807, 2.05) is 72.2 Å². The fourth-order valence-corrected chi connectivity index (χ4v) is 3.47. The molecule has 4 aromatic rings. The topological polar surface area (TPSA) is 44.1 Å². The first kappa shape index (κ1) is 16.3. The zero-order chi connectivity index (χ0) is 17.8. The number of thiazole rings is 1. The number of carbonyl (C=O) groups excluding carboxylic acids is 1. The quantitative estimate of drug-likeness (QED) is 0.455. The van der Waals surface area contributed by atoms with Gasteiger partial charge in [0.05, 0.1) is 11.4 Å². The predicted octanol–water partition coefficient (Wildman–Crippen LogP) is 4.99. The van der Waals surface area contributed by atoms with Crippen LogP contribution in [0.15, 0.2) is 78.3 Å². The lowest BCUT2D eigenvalue weighted by atomic mass is 10.2. The molecule has 0 aliphatic rings. The highest BCUT2D eigenvalue weighted by Gasteiger charge is 2.09. The van der Waals surface area contributed by atoms with Crippen LogP contribution in [0.4, 0.5) is 0 Å². The molecule has 0 fully saturated rings. The van der Waals surface area contributed by atoms with Crippen LogP contribution in [0, 0.1) is 0 Å². The second-order valence-corrected chi connectivity index (χ2v) is 6.57. The van der Waals surface area contributed by atoms with Gasteiger partial charge < -0.3 is 4.74 Å². The first-order valence-corrected chi connectivity index (χ1v) is 9.07. The molecule has 128 valence electrons. The maximum absolute atomic E-state index is 11.1. The Morgan fingerprint density at radius 2 is 1.81 bits per heavy atom. The number of carbonyl (C=O) groups is 1. The molecule has 2 aromatic carbocycles. The van der Waals surface area contributed by atoms with Crippen molar-refractivity contribution in [2.45, 2.75) is 6.61 Å². The maximum atomic E-state index is 11.1. The largest absolute Gasteiger partial charge is 0.489 e. The summed E-state index contributed by atoms with van der Waals surface area (Å²) in [5.74, 6) is 0.821. The Morgan fingerprint density at radius 3 is 2.58 bits per heavy atom. The zero-order valence-electron chi connectivity index (χ0n) is 13.9. The Hall–Kier alpha value is -3.18. The van der Waals surface area contributed by atoms with Crippen molar-refractivity contribution >= 4 is 17.6 Å². The van der Waals surface area contributed by atoms with Gasteiger partial charge in [0, 0.05) is 17.1 Å². The maximum Gasteiger partial charge on any atom is 0.194 e. The molecule has 0 unspecified atom stereocenters. The number of nitrogens with zero attached hydrogens (tertiary/aromatic N) is 2. The van der Waals surface area contributed by atoms with Gasteiger partial charge in [-0.05, 0) is 42.0 Å². The van der Waals surface area contributed by atoms with Gasteiger partial charge >= 0.3 is 0 Å². The summed E-state index contributed by atoms with van der Waals surface area (Å²) in [7, 11) is 0. The molecule has 0 saturated heterocycles. The van der Waals surface area contributed by atoms with Gasteiger partial charge in [-0.25, -0.2) is 4.98 Å². The fourth-order valence-electron chi connectivity index (χ4n) is 2.63. The van der Waals surface area contributed by atoms with Crippen LogP contribution in [0.1, 0.15) is 16.1 Å². The van der Waals surface area contributed by atoms with Crippen LogP contribution in [0.2, 0.25) is 0 Å². The van der Waals surface area contributed by atoms with Crippen molar-refractivity contribution in [1.29, 1.82) is 0 Å². The van der Waals surface area contributed by atoms with Gasteiger partial charge in [-0.15, -0.1) is 11.3 Å². The minimum atomic E-state index is 0.545. The van der Waals surface area contributed by atoms with Gasteiger partial charge in [0.1, 0.15) is 12.4 Å². The van der Waals surface area contributed by atoms with Crippen LogP contribution >= 0.6 is 11.3 Å². The third-order valence-corrected chi connectivity index (χ3v) is 4.84. The van der Waals surface area contributed by atoms with Gasteiger partial charge in [0.2, 0.25) is 0 Å². The van der Waals surface area contributed by atoms with Crippen molar-refractivity contribution in [3.8, 4) is 22.1 Å². The minimum absolute atomic E-state index is 0.545. The first-order valence-electron chi connectivity index (χ1n) is 8.19. The third-order valence-electron chi connectivity index (χ3n) is 4.00. The second-order valence-electron chi connectivity index (χ2n) is 5.73. The van der Waals surface area contributed by atoms with Gasteiger partial charge in [-0.2, -0.15) is 0 Å². The molecule has 0 radical (unpaired) electrons. The van der Waals surface area contributed by atoms with Gasteiger partial charge in [-0.3, -0.25) is 9.36 Å². The Labute approximate surface area is 155 Å². The molecule has 2 heterocycles. The van der Waals surface area contributed by atoms with E-state index < -0.39 is 0 Å². The third kappa shape index (κ3) is 3.43. The number of aromatic nitrogens is 2. The van der Waals surface area contributed by atoms with E-state index in [-0.39, 0.29) is 0 Å². The smallest absolute Gasteiger partial charge is 0.194 e. The molecular formula is C21H16N2O2S. The van der Waals surface area contributed by atoms with Crippen LogP contribution in [0.25, 0.3) is 16.4 Å². The first-order chi connectivity index (χ1) is 12.8. The summed E-state index contributed by atoms with van der Waals surface area (Å²) in [5.41, 5.74) is 3.62. The van der Waals surface area contributed by atoms with Gasteiger partial charge in [-0.1, -0.05) is 30.3 Å². The summed E-state index contributed by atoms with van der Waals surface area (Å²) in [5, 5.41) is 2.76. The van der Waals surface area contributed by atoms with Crippen LogP contribution in [-0.4, -0.2) is 15.8 Å². The fraction of sp³-hybridized carbons (Fsp3) is 0.0476. The molecule has 0 aliphatic carbocycles. The lowest BCUT2D eigenvalue weighted by Crippen LogP contribution is -1.96. The molecule has 4 nitrogen and oxygen atoms in total. The Kier molecular flexibility index (Phi) is 4.62. The molecule has 0 N–H and O–H groups in total. The van der Waals surface area contributed by atoms with Crippen LogP contribution in [-0.2, 0) is 6.61 Å². The molecule has 0 aliphatic heterocycles. The molecule has 0 amide bonds. The SMILES string of the molecule is O=Cc1cccn1-c1nc(-c2ccc(OCc3ccccc3)cc2)cs1. The molecule has 0 saturated carbocycles. The normalized spacial score (nSPS) is 10.6. The highest BCUT2D eigenvalue weighted by Crippen LogP contribution is 2.26. The lowest BCUT2D eigenvalue weighted by molar-refractivity contribution is 0.111. The number of hydrogen-bond acceptors (Lipinski definition) is 4. The van der Waals surface area contributed by atoms with Crippen molar-refractivity contribution in [1.82, 2.24) is 9.55 Å². The Bertz CT molecular complexity index is 1000. The monoisotopic (exact) mass is 360 g/mol. The summed E-state index contributed by atoms with van der Waals surface area (Å²) in [4.78, 5) is 15.7. The number of ether oxygens (including phenoxy) is 1. The van der Waals surface area contributed by atoms with Crippen molar-refractivity contribution in [2.75, 3.05) is 0 Å². The van der Waals surface area contributed by atoms with Crippen molar-refractivity contribution in [3.63, 3.8) is 0 Å².